The van der Waals surface area contributed by atoms with Gasteiger partial charge in [-0.05, 0) is 24.6 Å². The number of amides is 1. The summed E-state index contributed by atoms with van der Waals surface area (Å²) in [5, 5.41) is 2.38. The molecule has 0 unspecified atom stereocenters. The lowest BCUT2D eigenvalue weighted by Crippen LogP contribution is -2.31. The predicted molar refractivity (Wildman–Crippen MR) is 102 cm³/mol. The summed E-state index contributed by atoms with van der Waals surface area (Å²) in [6.45, 7) is 3.17. The normalized spacial score (nSPS) is 10.5. The van der Waals surface area contributed by atoms with Crippen LogP contribution in [0.2, 0.25) is 0 Å². The number of thiazole rings is 1. The number of carbonyl (C=O) groups excluding carboxylic acids is 2. The summed E-state index contributed by atoms with van der Waals surface area (Å²) < 4.78 is 5.55. The highest BCUT2D eigenvalue weighted by Gasteiger charge is 2.19. The van der Waals surface area contributed by atoms with Crippen molar-refractivity contribution in [1.82, 2.24) is 9.88 Å². The molecule has 0 atom stereocenters. The van der Waals surface area contributed by atoms with E-state index in [1.54, 1.807) is 10.3 Å². The molecule has 0 bridgehead atoms. The molecule has 0 aliphatic rings. The molecule has 7 heteroatoms. The molecule has 0 fully saturated rings. The van der Waals surface area contributed by atoms with E-state index in [0.29, 0.717) is 18.7 Å². The molecule has 2 rings (SSSR count). The zero-order valence-electron chi connectivity index (χ0n) is 14.3. The maximum atomic E-state index is 12.9. The second kappa shape index (κ2) is 9.68. The van der Waals surface area contributed by atoms with Gasteiger partial charge in [-0.2, -0.15) is 0 Å². The van der Waals surface area contributed by atoms with Crippen LogP contribution < -0.4 is 0 Å². The van der Waals surface area contributed by atoms with E-state index in [2.05, 4.69) is 32.6 Å². The van der Waals surface area contributed by atoms with E-state index in [1.165, 1.54) is 18.4 Å². The van der Waals surface area contributed by atoms with Gasteiger partial charge in [0, 0.05) is 22.0 Å². The Morgan fingerprint density at radius 1 is 1.32 bits per heavy atom. The molecule has 134 valence electrons. The van der Waals surface area contributed by atoms with Gasteiger partial charge in [-0.25, -0.2) is 9.78 Å². The van der Waals surface area contributed by atoms with Crippen LogP contribution >= 0.6 is 27.3 Å². The Hall–Kier alpha value is -1.73. The van der Waals surface area contributed by atoms with Crippen LogP contribution in [0, 0.1) is 0 Å². The average Bonchev–Trinajstić information content (AvgIpc) is 3.08. The maximum absolute atomic E-state index is 12.9. The van der Waals surface area contributed by atoms with E-state index < -0.39 is 5.97 Å². The number of methoxy groups -OCH3 is 1. The number of benzene rings is 1. The fourth-order valence-corrected chi connectivity index (χ4v) is 3.53. The van der Waals surface area contributed by atoms with Crippen LogP contribution in [0.25, 0.3) is 0 Å². The molecule has 0 aliphatic heterocycles. The van der Waals surface area contributed by atoms with Crippen LogP contribution in [-0.2, 0) is 11.3 Å². The first-order chi connectivity index (χ1) is 12.0. The summed E-state index contributed by atoms with van der Waals surface area (Å²) in [7, 11) is 1.33. The van der Waals surface area contributed by atoms with E-state index in [9.17, 15) is 9.59 Å². The molecule has 2 aromatic rings. The van der Waals surface area contributed by atoms with Crippen molar-refractivity contribution in [1.29, 1.82) is 0 Å². The van der Waals surface area contributed by atoms with Crippen molar-refractivity contribution in [2.45, 2.75) is 32.7 Å². The lowest BCUT2D eigenvalue weighted by molar-refractivity contribution is 0.0594. The Morgan fingerprint density at radius 3 is 2.80 bits per heavy atom. The van der Waals surface area contributed by atoms with Gasteiger partial charge in [0.05, 0.1) is 13.7 Å². The number of hydrogen-bond donors (Lipinski definition) is 0. The van der Waals surface area contributed by atoms with E-state index in [0.717, 1.165) is 28.7 Å². The number of esters is 1. The molecule has 1 aromatic heterocycles. The fraction of sp³-hybridized carbons (Fsp3) is 0.389. The first kappa shape index (κ1) is 19.6. The highest BCUT2D eigenvalue weighted by molar-refractivity contribution is 9.10. The van der Waals surface area contributed by atoms with Crippen LogP contribution in [0.3, 0.4) is 0 Å². The van der Waals surface area contributed by atoms with Gasteiger partial charge in [0.25, 0.3) is 5.91 Å². The lowest BCUT2D eigenvalue weighted by atomic mass is 10.2. The van der Waals surface area contributed by atoms with Crippen molar-refractivity contribution in [2.75, 3.05) is 13.7 Å². The van der Waals surface area contributed by atoms with Crippen LogP contribution in [0.1, 0.15) is 52.0 Å². The smallest absolute Gasteiger partial charge is 0.357 e. The molecule has 25 heavy (non-hydrogen) atoms. The molecule has 5 nitrogen and oxygen atoms in total. The SMILES string of the molecule is CCCCCN(Cc1nc(C(=O)OC)cs1)C(=O)c1cccc(Br)c1. The minimum Gasteiger partial charge on any atom is -0.464 e. The van der Waals surface area contributed by atoms with Crippen LogP contribution in [-0.4, -0.2) is 35.4 Å². The summed E-state index contributed by atoms with van der Waals surface area (Å²) in [5.41, 5.74) is 0.918. The Bertz CT molecular complexity index is 733. The Balaban J connectivity index is 2.16. The van der Waals surface area contributed by atoms with Gasteiger partial charge >= 0.3 is 5.97 Å². The zero-order chi connectivity index (χ0) is 18.2. The number of unbranched alkanes of at least 4 members (excludes halogenated alkanes) is 2. The van der Waals surface area contributed by atoms with Gasteiger partial charge in [-0.15, -0.1) is 11.3 Å². The van der Waals surface area contributed by atoms with Crippen molar-refractivity contribution in [3.8, 4) is 0 Å². The standard InChI is InChI=1S/C18H21BrN2O3S/c1-3-4-5-9-21(17(22)13-7-6-8-14(19)10-13)11-16-20-15(12-25-16)18(23)24-2/h6-8,10,12H,3-5,9,11H2,1-2H3. The van der Waals surface area contributed by atoms with Crippen molar-refractivity contribution < 1.29 is 14.3 Å². The third-order valence-corrected chi connectivity index (χ3v) is 4.99. The van der Waals surface area contributed by atoms with Crippen LogP contribution in [0.5, 0.6) is 0 Å². The first-order valence-corrected chi connectivity index (χ1v) is 9.80. The number of aromatic nitrogens is 1. The number of carbonyl (C=O) groups is 2. The topological polar surface area (TPSA) is 59.5 Å². The Kier molecular flexibility index (Phi) is 7.58. The van der Waals surface area contributed by atoms with Gasteiger partial charge in [0.1, 0.15) is 5.01 Å². The van der Waals surface area contributed by atoms with Gasteiger partial charge < -0.3 is 9.64 Å². The van der Waals surface area contributed by atoms with E-state index in [-0.39, 0.29) is 11.6 Å². The van der Waals surface area contributed by atoms with Crippen molar-refractivity contribution >= 4 is 39.1 Å². The molecule has 0 saturated carbocycles. The second-order valence-electron chi connectivity index (χ2n) is 5.56. The van der Waals surface area contributed by atoms with Crippen LogP contribution in [0.4, 0.5) is 0 Å². The van der Waals surface area contributed by atoms with Crippen molar-refractivity contribution in [3.63, 3.8) is 0 Å². The Morgan fingerprint density at radius 2 is 2.12 bits per heavy atom. The molecular weight excluding hydrogens is 404 g/mol. The predicted octanol–water partition coefficient (Wildman–Crippen LogP) is 4.52. The highest BCUT2D eigenvalue weighted by atomic mass is 79.9. The van der Waals surface area contributed by atoms with Crippen molar-refractivity contribution in [3.05, 3.63) is 50.4 Å². The summed E-state index contributed by atoms with van der Waals surface area (Å²) in [6.07, 6.45) is 3.08. The summed E-state index contributed by atoms with van der Waals surface area (Å²) in [6, 6.07) is 7.36. The number of rotatable bonds is 8. The molecule has 0 N–H and O–H groups in total. The Labute approximate surface area is 160 Å². The third kappa shape index (κ3) is 5.64. The largest absolute Gasteiger partial charge is 0.464 e. The molecule has 0 aliphatic carbocycles. The number of hydrogen-bond acceptors (Lipinski definition) is 5. The van der Waals surface area contributed by atoms with E-state index in [4.69, 9.17) is 0 Å². The highest BCUT2D eigenvalue weighted by Crippen LogP contribution is 2.18. The molecule has 0 radical (unpaired) electrons. The van der Waals surface area contributed by atoms with Gasteiger partial charge in [-0.3, -0.25) is 4.79 Å². The summed E-state index contributed by atoms with van der Waals surface area (Å²) >= 11 is 4.77. The number of halogens is 1. The molecule has 0 spiro atoms. The van der Waals surface area contributed by atoms with E-state index >= 15 is 0 Å². The first-order valence-electron chi connectivity index (χ1n) is 8.12. The van der Waals surface area contributed by atoms with Crippen molar-refractivity contribution in [2.24, 2.45) is 0 Å². The summed E-state index contributed by atoms with van der Waals surface area (Å²) in [5.74, 6) is -0.495. The van der Waals surface area contributed by atoms with Gasteiger partial charge in [-0.1, -0.05) is 41.8 Å². The van der Waals surface area contributed by atoms with E-state index in [1.807, 2.05) is 24.3 Å². The quantitative estimate of drug-likeness (QED) is 0.461. The molecule has 1 aromatic carbocycles. The minimum absolute atomic E-state index is 0.0350. The second-order valence-corrected chi connectivity index (χ2v) is 7.42. The number of nitrogens with zero attached hydrogens (tertiary/aromatic N) is 2. The molecule has 0 saturated heterocycles. The van der Waals surface area contributed by atoms with Crippen LogP contribution in [0.15, 0.2) is 34.1 Å². The zero-order valence-corrected chi connectivity index (χ0v) is 16.7. The lowest BCUT2D eigenvalue weighted by Gasteiger charge is -2.22. The van der Waals surface area contributed by atoms with Gasteiger partial charge in [0.15, 0.2) is 5.69 Å². The third-order valence-electron chi connectivity index (χ3n) is 3.66. The monoisotopic (exact) mass is 424 g/mol. The molecule has 1 amide bonds. The van der Waals surface area contributed by atoms with Gasteiger partial charge in [0.2, 0.25) is 0 Å². The minimum atomic E-state index is -0.460. The summed E-state index contributed by atoms with van der Waals surface area (Å²) in [4.78, 5) is 30.5. The average molecular weight is 425 g/mol. The fourth-order valence-electron chi connectivity index (χ4n) is 2.35. The maximum Gasteiger partial charge on any atom is 0.357 e. The molecule has 1 heterocycles. The molecular formula is C18H21BrN2O3S. The number of ether oxygens (including phenoxy) is 1.